The zero-order valence-electron chi connectivity index (χ0n) is 14.0. The van der Waals surface area contributed by atoms with E-state index in [1.54, 1.807) is 7.11 Å². The molecule has 3 rings (SSSR count). The summed E-state index contributed by atoms with van der Waals surface area (Å²) in [6.45, 7) is 0.803. The Hall–Kier alpha value is -1.81. The lowest BCUT2D eigenvalue weighted by Crippen LogP contribution is -2.13. The van der Waals surface area contributed by atoms with E-state index >= 15 is 0 Å². The Labute approximate surface area is 155 Å². The van der Waals surface area contributed by atoms with Crippen molar-refractivity contribution in [3.8, 4) is 16.9 Å². The minimum absolute atomic E-state index is 0. The van der Waals surface area contributed by atoms with Crippen molar-refractivity contribution in [3.63, 3.8) is 0 Å². The molecule has 128 valence electrons. The van der Waals surface area contributed by atoms with Crippen LogP contribution in [0, 0.1) is 0 Å². The number of pyridine rings is 1. The van der Waals surface area contributed by atoms with Gasteiger partial charge in [0, 0.05) is 23.7 Å². The molecule has 0 aliphatic heterocycles. The first-order valence-corrected chi connectivity index (χ1v) is 7.35. The van der Waals surface area contributed by atoms with Crippen molar-refractivity contribution in [1.82, 2.24) is 9.88 Å². The number of benzene rings is 2. The van der Waals surface area contributed by atoms with E-state index in [-0.39, 0.29) is 24.8 Å². The second-order valence-electron chi connectivity index (χ2n) is 5.64. The van der Waals surface area contributed by atoms with Crippen LogP contribution in [0.15, 0.2) is 54.7 Å². The molecule has 0 N–H and O–H groups in total. The molecule has 1 aromatic heterocycles. The molecule has 0 saturated heterocycles. The largest absolute Gasteiger partial charge is 0.497 e. The van der Waals surface area contributed by atoms with Crippen molar-refractivity contribution in [1.29, 1.82) is 0 Å². The molecular formula is C19H22Cl2N2O. The van der Waals surface area contributed by atoms with Gasteiger partial charge in [-0.15, -0.1) is 24.8 Å². The van der Waals surface area contributed by atoms with Gasteiger partial charge in [-0.3, -0.25) is 4.98 Å². The normalized spacial score (nSPS) is 10.2. The van der Waals surface area contributed by atoms with Crippen LogP contribution in [0.1, 0.15) is 5.69 Å². The molecule has 0 unspecified atom stereocenters. The topological polar surface area (TPSA) is 25.4 Å². The van der Waals surface area contributed by atoms with Gasteiger partial charge in [0.15, 0.2) is 0 Å². The highest BCUT2D eigenvalue weighted by Gasteiger charge is 2.13. The minimum atomic E-state index is 0. The van der Waals surface area contributed by atoms with Crippen LogP contribution in [0.25, 0.3) is 21.9 Å². The van der Waals surface area contributed by atoms with Gasteiger partial charge < -0.3 is 9.64 Å². The lowest BCUT2D eigenvalue weighted by molar-refractivity contribution is 0.397. The van der Waals surface area contributed by atoms with Gasteiger partial charge in [0.2, 0.25) is 0 Å². The Kier molecular flexibility index (Phi) is 7.49. The summed E-state index contributed by atoms with van der Waals surface area (Å²) < 4.78 is 5.40. The van der Waals surface area contributed by atoms with E-state index in [4.69, 9.17) is 9.72 Å². The average molecular weight is 365 g/mol. The van der Waals surface area contributed by atoms with Gasteiger partial charge in [0.1, 0.15) is 5.75 Å². The molecule has 0 radical (unpaired) electrons. The van der Waals surface area contributed by atoms with Crippen LogP contribution in [0.2, 0.25) is 0 Å². The van der Waals surface area contributed by atoms with E-state index < -0.39 is 0 Å². The first-order valence-electron chi connectivity index (χ1n) is 7.35. The van der Waals surface area contributed by atoms with Gasteiger partial charge in [-0.2, -0.15) is 0 Å². The molecule has 3 aromatic rings. The number of fused-ring (bicyclic) bond motifs is 1. The molecule has 0 amide bonds. The zero-order chi connectivity index (χ0) is 15.5. The minimum Gasteiger partial charge on any atom is -0.497 e. The molecule has 2 aromatic carbocycles. The van der Waals surface area contributed by atoms with Gasteiger partial charge in [-0.25, -0.2) is 0 Å². The van der Waals surface area contributed by atoms with Gasteiger partial charge in [0.05, 0.1) is 12.8 Å². The van der Waals surface area contributed by atoms with Crippen LogP contribution in [0.5, 0.6) is 5.75 Å². The summed E-state index contributed by atoms with van der Waals surface area (Å²) in [6, 6.07) is 16.6. The highest BCUT2D eigenvalue weighted by molar-refractivity contribution is 5.98. The summed E-state index contributed by atoms with van der Waals surface area (Å²) in [5, 5.41) is 2.31. The fourth-order valence-corrected chi connectivity index (χ4v) is 2.71. The molecule has 0 fully saturated rings. The summed E-state index contributed by atoms with van der Waals surface area (Å²) in [7, 11) is 5.82. The van der Waals surface area contributed by atoms with E-state index in [1.165, 1.54) is 16.5 Å². The maximum atomic E-state index is 5.40. The number of hydrogen-bond acceptors (Lipinski definition) is 3. The Morgan fingerprint density at radius 3 is 2.33 bits per heavy atom. The van der Waals surface area contributed by atoms with E-state index in [0.717, 1.165) is 23.4 Å². The molecule has 0 atom stereocenters. The van der Waals surface area contributed by atoms with Crippen LogP contribution in [-0.4, -0.2) is 31.1 Å². The number of halogens is 2. The molecule has 0 spiro atoms. The second-order valence-corrected chi connectivity index (χ2v) is 5.64. The van der Waals surface area contributed by atoms with E-state index in [9.17, 15) is 0 Å². The number of hydrogen-bond donors (Lipinski definition) is 0. The van der Waals surface area contributed by atoms with Crippen LogP contribution >= 0.6 is 24.8 Å². The van der Waals surface area contributed by atoms with Crippen LogP contribution in [0.3, 0.4) is 0 Å². The zero-order valence-corrected chi connectivity index (χ0v) is 15.7. The lowest BCUT2D eigenvalue weighted by atomic mass is 9.97. The van der Waals surface area contributed by atoms with Crippen LogP contribution in [0.4, 0.5) is 0 Å². The van der Waals surface area contributed by atoms with E-state index in [1.807, 2.05) is 18.3 Å². The third-order valence-corrected chi connectivity index (χ3v) is 3.71. The monoisotopic (exact) mass is 364 g/mol. The maximum absolute atomic E-state index is 5.40. The fourth-order valence-electron chi connectivity index (χ4n) is 2.71. The first kappa shape index (κ1) is 20.2. The summed E-state index contributed by atoms with van der Waals surface area (Å²) in [5.74, 6) is 0.867. The fraction of sp³-hybridized carbons (Fsp3) is 0.211. The number of rotatable bonds is 4. The predicted molar refractivity (Wildman–Crippen MR) is 106 cm³/mol. The Bertz CT molecular complexity index is 792. The van der Waals surface area contributed by atoms with Gasteiger partial charge in [-0.05, 0) is 43.2 Å². The average Bonchev–Trinajstić information content (AvgIpc) is 2.54. The SMILES string of the molecule is COc1ccc2cnc(CN(C)C)c(-c3ccccc3)c2c1.Cl.Cl. The molecule has 1 heterocycles. The Balaban J connectivity index is 0.00000144. The molecule has 0 aliphatic rings. The summed E-state index contributed by atoms with van der Waals surface area (Å²) in [6.07, 6.45) is 1.94. The van der Waals surface area contributed by atoms with Crippen molar-refractivity contribution in [2.45, 2.75) is 6.54 Å². The molecule has 0 saturated carbocycles. The predicted octanol–water partition coefficient (Wildman–Crippen LogP) is 4.82. The van der Waals surface area contributed by atoms with Crippen LogP contribution in [-0.2, 0) is 6.54 Å². The summed E-state index contributed by atoms with van der Waals surface area (Å²) in [4.78, 5) is 6.84. The molecule has 24 heavy (non-hydrogen) atoms. The number of ether oxygens (including phenoxy) is 1. The van der Waals surface area contributed by atoms with Crippen LogP contribution < -0.4 is 4.74 Å². The Morgan fingerprint density at radius 1 is 1.00 bits per heavy atom. The van der Waals surface area contributed by atoms with Crippen molar-refractivity contribution < 1.29 is 4.74 Å². The van der Waals surface area contributed by atoms with Gasteiger partial charge >= 0.3 is 0 Å². The van der Waals surface area contributed by atoms with Gasteiger partial charge in [0.25, 0.3) is 0 Å². The summed E-state index contributed by atoms with van der Waals surface area (Å²) >= 11 is 0. The quantitative estimate of drug-likeness (QED) is 0.663. The second kappa shape index (κ2) is 8.88. The highest BCUT2D eigenvalue weighted by Crippen LogP contribution is 2.33. The molecular weight excluding hydrogens is 343 g/mol. The van der Waals surface area contributed by atoms with E-state index in [0.29, 0.717) is 0 Å². The number of aromatic nitrogens is 1. The van der Waals surface area contributed by atoms with Crippen molar-refractivity contribution in [2.75, 3.05) is 21.2 Å². The van der Waals surface area contributed by atoms with Crippen molar-refractivity contribution >= 4 is 35.6 Å². The highest BCUT2D eigenvalue weighted by atomic mass is 35.5. The lowest BCUT2D eigenvalue weighted by Gasteiger charge is -2.16. The first-order chi connectivity index (χ1) is 10.7. The summed E-state index contributed by atoms with van der Waals surface area (Å²) in [5.41, 5.74) is 3.45. The van der Waals surface area contributed by atoms with Crippen molar-refractivity contribution in [3.05, 3.63) is 60.4 Å². The maximum Gasteiger partial charge on any atom is 0.119 e. The smallest absolute Gasteiger partial charge is 0.119 e. The number of methoxy groups -OCH3 is 1. The van der Waals surface area contributed by atoms with Crippen molar-refractivity contribution in [2.24, 2.45) is 0 Å². The molecule has 0 bridgehead atoms. The third-order valence-electron chi connectivity index (χ3n) is 3.71. The molecule has 3 nitrogen and oxygen atoms in total. The molecule has 0 aliphatic carbocycles. The van der Waals surface area contributed by atoms with E-state index in [2.05, 4.69) is 55.4 Å². The van der Waals surface area contributed by atoms with Gasteiger partial charge in [-0.1, -0.05) is 30.3 Å². The Morgan fingerprint density at radius 2 is 1.71 bits per heavy atom. The number of nitrogens with zero attached hydrogens (tertiary/aromatic N) is 2. The standard InChI is InChI=1S/C19H20N2O.2ClH/c1-21(2)13-18-19(14-7-5-4-6-8-14)17-11-16(22-3)10-9-15(17)12-20-18;;/h4-12H,13H2,1-3H3;2*1H. The third kappa shape index (κ3) is 4.18. The molecule has 5 heteroatoms.